The van der Waals surface area contributed by atoms with Crippen LogP contribution in [0.1, 0.15) is 57.7 Å². The summed E-state index contributed by atoms with van der Waals surface area (Å²) in [5.74, 6) is 0.622. The molecule has 0 aliphatic carbocycles. The summed E-state index contributed by atoms with van der Waals surface area (Å²) in [6.07, 6.45) is 0.975. The van der Waals surface area contributed by atoms with Crippen molar-refractivity contribution in [3.8, 4) is 5.75 Å². The van der Waals surface area contributed by atoms with Gasteiger partial charge in [0.25, 0.3) is 5.91 Å². The minimum absolute atomic E-state index is 0.0987. The zero-order valence-electron chi connectivity index (χ0n) is 16.8. The van der Waals surface area contributed by atoms with Crippen LogP contribution in [0.5, 0.6) is 5.75 Å². The molecule has 0 radical (unpaired) electrons. The lowest BCUT2D eigenvalue weighted by atomic mass is 9.87. The minimum atomic E-state index is -0.514. The van der Waals surface area contributed by atoms with Crippen LogP contribution >= 0.6 is 0 Å². The highest BCUT2D eigenvalue weighted by molar-refractivity contribution is 5.95. The Bertz CT molecular complexity index is 742. The molecule has 0 unspecified atom stereocenters. The molecule has 0 aliphatic rings. The highest BCUT2D eigenvalue weighted by atomic mass is 16.5. The van der Waals surface area contributed by atoms with E-state index >= 15 is 0 Å². The molecule has 0 heterocycles. The van der Waals surface area contributed by atoms with Crippen LogP contribution in [0.2, 0.25) is 0 Å². The zero-order chi connectivity index (χ0) is 19.3. The third-order valence-corrected chi connectivity index (χ3v) is 4.65. The van der Waals surface area contributed by atoms with Gasteiger partial charge in [-0.1, -0.05) is 65.0 Å². The van der Waals surface area contributed by atoms with Gasteiger partial charge in [-0.2, -0.15) is 0 Å². The first kappa shape index (κ1) is 20.0. The number of ether oxygens (including phenoxy) is 1. The molecule has 2 rings (SSSR count). The fourth-order valence-electron chi connectivity index (χ4n) is 2.93. The van der Waals surface area contributed by atoms with Gasteiger partial charge in [-0.3, -0.25) is 4.79 Å². The number of nitrogens with one attached hydrogen (secondary N) is 1. The van der Waals surface area contributed by atoms with Crippen LogP contribution in [0.4, 0.5) is 5.69 Å². The predicted molar refractivity (Wildman–Crippen MR) is 109 cm³/mol. The Labute approximate surface area is 157 Å². The van der Waals surface area contributed by atoms with Crippen molar-refractivity contribution in [3.05, 3.63) is 59.2 Å². The summed E-state index contributed by atoms with van der Waals surface area (Å²) in [5, 5.41) is 3.07. The largest absolute Gasteiger partial charge is 0.481 e. The average Bonchev–Trinajstić information content (AvgIpc) is 2.60. The van der Waals surface area contributed by atoms with Crippen molar-refractivity contribution >= 4 is 11.6 Å². The zero-order valence-corrected chi connectivity index (χ0v) is 16.8. The van der Waals surface area contributed by atoms with Gasteiger partial charge >= 0.3 is 0 Å². The van der Waals surface area contributed by atoms with E-state index in [4.69, 9.17) is 4.74 Å². The number of para-hydroxylation sites is 1. The molecule has 3 heteroatoms. The van der Waals surface area contributed by atoms with E-state index in [2.05, 4.69) is 51.2 Å². The second kappa shape index (κ2) is 8.39. The molecule has 2 aromatic carbocycles. The highest BCUT2D eigenvalue weighted by Crippen LogP contribution is 2.26. The summed E-state index contributed by atoms with van der Waals surface area (Å²) >= 11 is 0. The Morgan fingerprint density at radius 2 is 1.73 bits per heavy atom. The van der Waals surface area contributed by atoms with Crippen LogP contribution in [0, 0.1) is 6.92 Å². The van der Waals surface area contributed by atoms with Crippen LogP contribution in [-0.4, -0.2) is 12.0 Å². The maximum atomic E-state index is 12.8. The number of benzene rings is 2. The number of carbonyl (C=O) groups is 1. The standard InChI is InChI=1S/C23H31NO2/c1-7-17-11-9-10-16(3)21(17)24-22(25)20(8-2)26-19-14-12-18(13-15-19)23(4,5)6/h9-15,20H,7-8H2,1-6H3,(H,24,25)/t20-/m0/s1. The van der Waals surface area contributed by atoms with Crippen LogP contribution < -0.4 is 10.1 Å². The van der Waals surface area contributed by atoms with Crippen molar-refractivity contribution in [2.45, 2.75) is 65.9 Å². The molecule has 0 aromatic heterocycles. The van der Waals surface area contributed by atoms with Gasteiger partial charge in [0.2, 0.25) is 0 Å². The third kappa shape index (κ3) is 4.87. The second-order valence-electron chi connectivity index (χ2n) is 7.74. The summed E-state index contributed by atoms with van der Waals surface area (Å²) in [7, 11) is 0. The van der Waals surface area contributed by atoms with E-state index in [1.165, 1.54) is 5.56 Å². The van der Waals surface area contributed by atoms with E-state index in [1.54, 1.807) is 0 Å². The summed E-state index contributed by atoms with van der Waals surface area (Å²) in [4.78, 5) is 12.8. The summed E-state index contributed by atoms with van der Waals surface area (Å²) in [6.45, 7) is 12.6. The van der Waals surface area contributed by atoms with E-state index in [-0.39, 0.29) is 11.3 Å². The van der Waals surface area contributed by atoms with E-state index in [1.807, 2.05) is 38.1 Å². The number of rotatable bonds is 6. The summed E-state index contributed by atoms with van der Waals surface area (Å²) < 4.78 is 5.97. The molecule has 3 nitrogen and oxygen atoms in total. The van der Waals surface area contributed by atoms with Gasteiger partial charge in [0.1, 0.15) is 5.75 Å². The molecule has 140 valence electrons. The number of amides is 1. The van der Waals surface area contributed by atoms with Crippen molar-refractivity contribution in [3.63, 3.8) is 0 Å². The van der Waals surface area contributed by atoms with Crippen molar-refractivity contribution in [1.82, 2.24) is 0 Å². The molecule has 26 heavy (non-hydrogen) atoms. The van der Waals surface area contributed by atoms with E-state index in [9.17, 15) is 4.79 Å². The Morgan fingerprint density at radius 1 is 1.08 bits per heavy atom. The fraction of sp³-hybridized carbons (Fsp3) is 0.435. The lowest BCUT2D eigenvalue weighted by molar-refractivity contribution is -0.122. The normalized spacial score (nSPS) is 12.5. The predicted octanol–water partition coefficient (Wildman–Crippen LogP) is 5.65. The molecule has 0 aliphatic heterocycles. The molecule has 2 aromatic rings. The third-order valence-electron chi connectivity index (χ3n) is 4.65. The van der Waals surface area contributed by atoms with Crippen LogP contribution in [0.3, 0.4) is 0 Å². The monoisotopic (exact) mass is 353 g/mol. The first-order chi connectivity index (χ1) is 12.3. The Balaban J connectivity index is 2.12. The quantitative estimate of drug-likeness (QED) is 0.728. The van der Waals surface area contributed by atoms with Gasteiger partial charge in [0.05, 0.1) is 0 Å². The van der Waals surface area contributed by atoms with Gasteiger partial charge in [-0.05, 0) is 54.0 Å². The van der Waals surface area contributed by atoms with Gasteiger partial charge in [0.15, 0.2) is 6.10 Å². The molecule has 1 amide bonds. The number of aryl methyl sites for hydroxylation is 2. The lowest BCUT2D eigenvalue weighted by Gasteiger charge is -2.21. The van der Waals surface area contributed by atoms with Gasteiger partial charge < -0.3 is 10.1 Å². The van der Waals surface area contributed by atoms with Crippen LogP contribution in [0.15, 0.2) is 42.5 Å². The maximum Gasteiger partial charge on any atom is 0.265 e. The van der Waals surface area contributed by atoms with Crippen molar-refractivity contribution < 1.29 is 9.53 Å². The van der Waals surface area contributed by atoms with E-state index < -0.39 is 6.10 Å². The summed E-state index contributed by atoms with van der Waals surface area (Å²) in [6, 6.07) is 14.1. The molecule has 1 N–H and O–H groups in total. The van der Waals surface area contributed by atoms with Gasteiger partial charge in [-0.15, -0.1) is 0 Å². The van der Waals surface area contributed by atoms with Crippen LogP contribution in [-0.2, 0) is 16.6 Å². The molecule has 0 spiro atoms. The molecular weight excluding hydrogens is 322 g/mol. The lowest BCUT2D eigenvalue weighted by Crippen LogP contribution is -2.33. The van der Waals surface area contributed by atoms with Crippen molar-refractivity contribution in [2.24, 2.45) is 0 Å². The number of carbonyl (C=O) groups excluding carboxylic acids is 1. The smallest absolute Gasteiger partial charge is 0.265 e. The topological polar surface area (TPSA) is 38.3 Å². The molecule has 0 fully saturated rings. The fourth-order valence-corrected chi connectivity index (χ4v) is 2.93. The number of hydrogen-bond donors (Lipinski definition) is 1. The Morgan fingerprint density at radius 3 is 2.27 bits per heavy atom. The molecule has 1 atom stereocenters. The van der Waals surface area contributed by atoms with Crippen molar-refractivity contribution in [1.29, 1.82) is 0 Å². The summed E-state index contributed by atoms with van der Waals surface area (Å²) in [5.41, 5.74) is 4.46. The molecule has 0 saturated carbocycles. The Hall–Kier alpha value is -2.29. The van der Waals surface area contributed by atoms with Crippen LogP contribution in [0.25, 0.3) is 0 Å². The molecular formula is C23H31NO2. The first-order valence-corrected chi connectivity index (χ1v) is 9.42. The van der Waals surface area contributed by atoms with Gasteiger partial charge in [0, 0.05) is 5.69 Å². The maximum absolute atomic E-state index is 12.8. The van der Waals surface area contributed by atoms with Crippen molar-refractivity contribution in [2.75, 3.05) is 5.32 Å². The SMILES string of the molecule is CCc1cccc(C)c1NC(=O)[C@H](CC)Oc1ccc(C(C)(C)C)cc1. The Kier molecular flexibility index (Phi) is 6.47. The minimum Gasteiger partial charge on any atom is -0.481 e. The molecule has 0 bridgehead atoms. The second-order valence-corrected chi connectivity index (χ2v) is 7.74. The first-order valence-electron chi connectivity index (χ1n) is 9.42. The number of hydrogen-bond acceptors (Lipinski definition) is 2. The highest BCUT2D eigenvalue weighted by Gasteiger charge is 2.21. The van der Waals surface area contributed by atoms with Gasteiger partial charge in [-0.25, -0.2) is 0 Å². The average molecular weight is 354 g/mol. The number of anilines is 1. The van der Waals surface area contributed by atoms with E-state index in [0.29, 0.717) is 6.42 Å². The molecule has 0 saturated heterocycles. The van der Waals surface area contributed by atoms with E-state index in [0.717, 1.165) is 29.0 Å².